The van der Waals surface area contributed by atoms with Gasteiger partial charge in [-0.15, -0.1) is 0 Å². The van der Waals surface area contributed by atoms with E-state index in [0.717, 1.165) is 11.0 Å². The fourth-order valence-electron chi connectivity index (χ4n) is 1.82. The van der Waals surface area contributed by atoms with E-state index in [4.69, 9.17) is 10.4 Å². The molecule has 1 aliphatic rings. The molecule has 0 atom stereocenters. The lowest BCUT2D eigenvalue weighted by atomic mass is 9.79. The van der Waals surface area contributed by atoms with Crippen LogP contribution in [0.1, 0.15) is 5.56 Å². The minimum Gasteiger partial charge on any atom is -0.423 e. The first-order valence-electron chi connectivity index (χ1n) is 4.89. The fourth-order valence-corrected chi connectivity index (χ4v) is 3.27. The molecule has 15 heavy (non-hydrogen) atoms. The summed E-state index contributed by atoms with van der Waals surface area (Å²) in [5.74, 6) is 0.635. The van der Waals surface area contributed by atoms with Crippen LogP contribution in [0.3, 0.4) is 0 Å². The molecule has 0 fully saturated rings. The second-order valence-electron chi connectivity index (χ2n) is 4.20. The molecule has 0 saturated carbocycles. The zero-order valence-corrected chi connectivity index (χ0v) is 9.88. The highest BCUT2D eigenvalue weighted by Crippen LogP contribution is 2.47. The van der Waals surface area contributed by atoms with E-state index in [1.807, 2.05) is 12.1 Å². The van der Waals surface area contributed by atoms with Crippen molar-refractivity contribution in [1.29, 1.82) is 0 Å². The summed E-state index contributed by atoms with van der Waals surface area (Å²) in [5.41, 5.74) is 7.83. The molecule has 3 N–H and O–H groups in total. The number of rotatable bonds is 2. The van der Waals surface area contributed by atoms with Gasteiger partial charge in [0.1, 0.15) is 0 Å². The zero-order chi connectivity index (χ0) is 11.1. The molecule has 5 heteroatoms. The van der Waals surface area contributed by atoms with Crippen LogP contribution in [-0.2, 0) is 11.3 Å². The third-order valence-corrected chi connectivity index (χ3v) is 5.19. The molecule has 3 nitrogen and oxygen atoms in total. The molecule has 0 unspecified atom stereocenters. The summed E-state index contributed by atoms with van der Waals surface area (Å²) in [4.78, 5) is 1.17. The Labute approximate surface area is 92.1 Å². The molecule has 1 heterocycles. The Morgan fingerprint density at radius 3 is 2.93 bits per heavy atom. The van der Waals surface area contributed by atoms with Crippen LogP contribution in [0.15, 0.2) is 23.1 Å². The van der Waals surface area contributed by atoms with Crippen molar-refractivity contribution in [3.05, 3.63) is 23.8 Å². The molecule has 0 spiro atoms. The third kappa shape index (κ3) is 1.80. The second-order valence-corrected chi connectivity index (χ2v) is 8.05. The van der Waals surface area contributed by atoms with Crippen molar-refractivity contribution in [1.82, 2.24) is 0 Å². The molecule has 1 aromatic carbocycles. The Hall–Kier alpha value is -0.485. The second kappa shape index (κ2) is 3.83. The van der Waals surface area contributed by atoms with E-state index < -0.39 is 17.1 Å². The lowest BCUT2D eigenvalue weighted by Crippen LogP contribution is -2.32. The van der Waals surface area contributed by atoms with Gasteiger partial charge in [-0.3, -0.25) is 0 Å². The lowest BCUT2D eigenvalue weighted by molar-refractivity contribution is 0.275. The maximum absolute atomic E-state index is 9.77. The van der Waals surface area contributed by atoms with Crippen LogP contribution in [0.2, 0.25) is 0 Å². The summed E-state index contributed by atoms with van der Waals surface area (Å²) >= 11 is 0. The van der Waals surface area contributed by atoms with E-state index in [1.165, 1.54) is 4.90 Å². The van der Waals surface area contributed by atoms with E-state index in [2.05, 4.69) is 18.6 Å². The van der Waals surface area contributed by atoms with Gasteiger partial charge in [-0.1, -0.05) is 18.2 Å². The normalized spacial score (nSPS) is 16.7. The van der Waals surface area contributed by atoms with Crippen molar-refractivity contribution in [3.63, 3.8) is 0 Å². The number of nitrogens with two attached hydrogens (primary N) is 1. The number of fused-ring (bicyclic) bond motifs is 1. The van der Waals surface area contributed by atoms with Crippen LogP contribution >= 0.6 is 10.0 Å². The van der Waals surface area contributed by atoms with Gasteiger partial charge in [0.05, 0.1) is 6.61 Å². The van der Waals surface area contributed by atoms with Gasteiger partial charge < -0.3 is 15.4 Å². The van der Waals surface area contributed by atoms with Crippen molar-refractivity contribution in [2.75, 3.05) is 18.4 Å². The molecule has 82 valence electrons. The van der Waals surface area contributed by atoms with Gasteiger partial charge in [-0.25, -0.2) is 10.0 Å². The average Bonchev–Trinajstić information content (AvgIpc) is 2.60. The van der Waals surface area contributed by atoms with Crippen molar-refractivity contribution < 1.29 is 9.68 Å². The Morgan fingerprint density at radius 1 is 1.53 bits per heavy atom. The van der Waals surface area contributed by atoms with Gasteiger partial charge in [0.25, 0.3) is 0 Å². The molecule has 2 rings (SSSR count). The summed E-state index contributed by atoms with van der Waals surface area (Å²) in [7, 11) is -1.79. The molecule has 0 radical (unpaired) electrons. The van der Waals surface area contributed by atoms with Gasteiger partial charge in [-0.2, -0.15) is 0 Å². The highest BCUT2D eigenvalue weighted by atomic mass is 32.3. The largest absolute Gasteiger partial charge is 0.492 e. The van der Waals surface area contributed by atoms with E-state index >= 15 is 0 Å². The van der Waals surface area contributed by atoms with Crippen LogP contribution in [0.5, 0.6) is 0 Å². The maximum atomic E-state index is 9.77. The van der Waals surface area contributed by atoms with Gasteiger partial charge >= 0.3 is 7.12 Å². The van der Waals surface area contributed by atoms with Gasteiger partial charge in [0, 0.05) is 5.88 Å². The van der Waals surface area contributed by atoms with Crippen LogP contribution in [0.4, 0.5) is 0 Å². The smallest absolute Gasteiger partial charge is 0.423 e. The van der Waals surface area contributed by atoms with Crippen molar-refractivity contribution in [3.8, 4) is 0 Å². The van der Waals surface area contributed by atoms with Gasteiger partial charge in [-0.05, 0) is 28.4 Å². The SMILES string of the molecule is CS(C)(CN)c1cccc2c1B(O)OC2. The Morgan fingerprint density at radius 2 is 2.27 bits per heavy atom. The Balaban J connectivity index is 2.54. The molecule has 0 amide bonds. The van der Waals surface area contributed by atoms with E-state index in [0.29, 0.717) is 12.5 Å². The van der Waals surface area contributed by atoms with Crippen LogP contribution in [0.25, 0.3) is 0 Å². The minimum absolute atomic E-state index is 0.504. The first-order chi connectivity index (χ1) is 7.06. The van der Waals surface area contributed by atoms with E-state index in [1.54, 1.807) is 0 Å². The molecular formula is C10H16BNO2S. The highest BCUT2D eigenvalue weighted by molar-refractivity contribution is 8.32. The van der Waals surface area contributed by atoms with Crippen LogP contribution in [-0.4, -0.2) is 30.5 Å². The predicted molar refractivity (Wildman–Crippen MR) is 65.6 cm³/mol. The van der Waals surface area contributed by atoms with Gasteiger partial charge in [0.15, 0.2) is 0 Å². The summed E-state index contributed by atoms with van der Waals surface area (Å²) in [6.07, 6.45) is 4.32. The highest BCUT2D eigenvalue weighted by Gasteiger charge is 2.32. The Bertz CT molecular complexity index is 384. The summed E-state index contributed by atoms with van der Waals surface area (Å²) in [6.45, 7) is 0.504. The zero-order valence-electron chi connectivity index (χ0n) is 9.06. The summed E-state index contributed by atoms with van der Waals surface area (Å²) < 4.78 is 5.23. The van der Waals surface area contributed by atoms with E-state index in [-0.39, 0.29) is 0 Å². The van der Waals surface area contributed by atoms with Crippen molar-refractivity contribution in [2.45, 2.75) is 11.5 Å². The van der Waals surface area contributed by atoms with Crippen LogP contribution < -0.4 is 11.2 Å². The quantitative estimate of drug-likeness (QED) is 0.709. The van der Waals surface area contributed by atoms with Gasteiger partial charge in [0.2, 0.25) is 0 Å². The number of hydrogen-bond donors (Lipinski definition) is 2. The topological polar surface area (TPSA) is 55.5 Å². The molecule has 0 saturated heterocycles. The molecule has 1 aromatic rings. The maximum Gasteiger partial charge on any atom is 0.492 e. The number of hydrogen-bond acceptors (Lipinski definition) is 3. The summed E-state index contributed by atoms with van der Waals surface area (Å²) in [5, 5.41) is 9.77. The minimum atomic E-state index is -1.02. The van der Waals surface area contributed by atoms with Crippen molar-refractivity contribution >= 4 is 22.6 Å². The Kier molecular flexibility index (Phi) is 2.81. The monoisotopic (exact) mass is 225 g/mol. The standard InChI is InChI=1S/C10H16BNO2S/c1-15(2,7-12)9-5-3-4-8-6-14-11(13)10(8)9/h3-5,13H,6-7,12H2,1-2H3. The molecule has 0 aromatic heterocycles. The lowest BCUT2D eigenvalue weighted by Gasteiger charge is -2.31. The molecule has 0 aliphatic carbocycles. The first-order valence-corrected chi connectivity index (χ1v) is 7.50. The molecular weight excluding hydrogens is 209 g/mol. The predicted octanol–water partition coefficient (Wildman–Crippen LogP) is 0.244. The van der Waals surface area contributed by atoms with E-state index in [9.17, 15) is 5.02 Å². The first kappa shape index (κ1) is 11.0. The fraction of sp³-hybridized carbons (Fsp3) is 0.400. The molecule has 0 bridgehead atoms. The van der Waals surface area contributed by atoms with Crippen molar-refractivity contribution in [2.24, 2.45) is 5.73 Å². The van der Waals surface area contributed by atoms with Crippen LogP contribution in [0, 0.1) is 0 Å². The summed E-state index contributed by atoms with van der Waals surface area (Å²) in [6, 6.07) is 6.07. The third-order valence-electron chi connectivity index (χ3n) is 2.81. The number of benzene rings is 1. The average molecular weight is 225 g/mol. The molecule has 1 aliphatic heterocycles.